The maximum absolute atomic E-state index is 14.0. The highest BCUT2D eigenvalue weighted by Crippen LogP contribution is 2.20. The third-order valence-electron chi connectivity index (χ3n) is 3.37. The third-order valence-corrected chi connectivity index (χ3v) is 3.37. The van der Waals surface area contributed by atoms with Crippen molar-refractivity contribution in [1.29, 1.82) is 0 Å². The summed E-state index contributed by atoms with van der Waals surface area (Å²) in [7, 11) is 0. The summed E-state index contributed by atoms with van der Waals surface area (Å²) >= 11 is 0. The second-order valence-electron chi connectivity index (χ2n) is 4.67. The number of rotatable bonds is 2. The van der Waals surface area contributed by atoms with Crippen molar-refractivity contribution < 1.29 is 8.78 Å². The first kappa shape index (κ1) is 13.5. The van der Waals surface area contributed by atoms with E-state index in [1.165, 1.54) is 35.0 Å². The molecular weight excluding hydrogens is 274 g/mol. The highest BCUT2D eigenvalue weighted by molar-refractivity contribution is 5.81. The lowest BCUT2D eigenvalue weighted by molar-refractivity contribution is 0.617. The van der Waals surface area contributed by atoms with Gasteiger partial charge in [0.25, 0.3) is 0 Å². The van der Waals surface area contributed by atoms with Gasteiger partial charge in [-0.15, -0.1) is 0 Å². The summed E-state index contributed by atoms with van der Waals surface area (Å²) in [6.07, 6.45) is 1.46. The van der Waals surface area contributed by atoms with Crippen molar-refractivity contribution in [3.05, 3.63) is 76.1 Å². The molecule has 0 aliphatic carbocycles. The van der Waals surface area contributed by atoms with Crippen molar-refractivity contribution >= 4 is 10.9 Å². The van der Waals surface area contributed by atoms with E-state index in [1.807, 2.05) is 0 Å². The minimum atomic E-state index is -0.493. The predicted molar refractivity (Wildman–Crippen MR) is 77.4 cm³/mol. The van der Waals surface area contributed by atoms with Gasteiger partial charge in [0.2, 0.25) is 0 Å². The minimum Gasteiger partial charge on any atom is -0.326 e. The van der Waals surface area contributed by atoms with Gasteiger partial charge in [0.1, 0.15) is 11.6 Å². The molecule has 0 saturated heterocycles. The first-order valence-electron chi connectivity index (χ1n) is 6.40. The number of fused-ring (bicyclic) bond motifs is 1. The van der Waals surface area contributed by atoms with Crippen LogP contribution < -0.4 is 11.2 Å². The molecule has 1 aromatic heterocycles. The number of nitrogens with two attached hydrogens (primary N) is 1. The van der Waals surface area contributed by atoms with Crippen LogP contribution in [0.2, 0.25) is 0 Å². The van der Waals surface area contributed by atoms with E-state index in [4.69, 9.17) is 5.73 Å². The lowest BCUT2D eigenvalue weighted by Gasteiger charge is -2.13. The van der Waals surface area contributed by atoms with Crippen LogP contribution in [0.4, 0.5) is 8.78 Å². The zero-order chi connectivity index (χ0) is 15.0. The predicted octanol–water partition coefficient (Wildman–Crippen LogP) is 2.73. The lowest BCUT2D eigenvalue weighted by atomic mass is 10.1. The van der Waals surface area contributed by atoms with Crippen LogP contribution in [0.5, 0.6) is 0 Å². The minimum absolute atomic E-state index is 0.0284. The first-order chi connectivity index (χ1) is 10.1. The number of benzene rings is 2. The van der Waals surface area contributed by atoms with Crippen LogP contribution in [0.1, 0.15) is 5.56 Å². The maximum atomic E-state index is 14.0. The van der Waals surface area contributed by atoms with Gasteiger partial charge in [-0.3, -0.25) is 4.79 Å². The molecule has 0 unspecified atom stereocenters. The van der Waals surface area contributed by atoms with Crippen LogP contribution in [0.3, 0.4) is 0 Å². The third kappa shape index (κ3) is 2.21. The van der Waals surface area contributed by atoms with Gasteiger partial charge in [-0.25, -0.2) is 8.78 Å². The van der Waals surface area contributed by atoms with E-state index >= 15 is 0 Å². The van der Waals surface area contributed by atoms with E-state index in [1.54, 1.807) is 18.2 Å². The van der Waals surface area contributed by atoms with Crippen LogP contribution in [0.25, 0.3) is 16.6 Å². The molecule has 5 heteroatoms. The summed E-state index contributed by atoms with van der Waals surface area (Å²) in [5, 5.41) is 0.308. The Kier molecular flexibility index (Phi) is 3.27. The van der Waals surface area contributed by atoms with Crippen molar-refractivity contribution in [1.82, 2.24) is 4.57 Å². The number of para-hydroxylation sites is 1. The van der Waals surface area contributed by atoms with Crippen molar-refractivity contribution in [3.63, 3.8) is 0 Å². The molecule has 21 heavy (non-hydrogen) atoms. The van der Waals surface area contributed by atoms with Gasteiger partial charge in [0, 0.05) is 23.7 Å². The smallest absolute Gasteiger partial charge is 0.193 e. The van der Waals surface area contributed by atoms with Crippen molar-refractivity contribution in [2.75, 3.05) is 0 Å². The molecule has 0 fully saturated rings. The average Bonchev–Trinajstić information content (AvgIpc) is 2.48. The zero-order valence-corrected chi connectivity index (χ0v) is 11.0. The van der Waals surface area contributed by atoms with Crippen LogP contribution in [-0.2, 0) is 6.54 Å². The summed E-state index contributed by atoms with van der Waals surface area (Å²) in [6, 6.07) is 9.91. The number of halogens is 2. The maximum Gasteiger partial charge on any atom is 0.193 e. The molecule has 0 aliphatic rings. The van der Waals surface area contributed by atoms with Crippen molar-refractivity contribution in [2.45, 2.75) is 6.54 Å². The van der Waals surface area contributed by atoms with Crippen LogP contribution in [0.15, 0.2) is 53.5 Å². The van der Waals surface area contributed by atoms with Gasteiger partial charge in [-0.2, -0.15) is 0 Å². The number of aromatic nitrogens is 1. The van der Waals surface area contributed by atoms with Gasteiger partial charge in [-0.05, 0) is 30.3 Å². The molecule has 3 nitrogen and oxygen atoms in total. The van der Waals surface area contributed by atoms with Gasteiger partial charge in [0.15, 0.2) is 5.43 Å². The second kappa shape index (κ2) is 5.10. The number of hydrogen-bond donors (Lipinski definition) is 1. The highest BCUT2D eigenvalue weighted by Gasteiger charge is 2.12. The van der Waals surface area contributed by atoms with Crippen LogP contribution in [-0.4, -0.2) is 4.57 Å². The Labute approximate surface area is 119 Å². The highest BCUT2D eigenvalue weighted by atomic mass is 19.1. The molecule has 0 bridgehead atoms. The van der Waals surface area contributed by atoms with Crippen LogP contribution in [0, 0.1) is 11.6 Å². The standard InChI is InChI=1S/C16H12F2N2O/c17-11-5-6-12-15(7-11)20(9-10(8-19)16(12)21)14-4-2-1-3-13(14)18/h1-7,9H,8,19H2. The van der Waals surface area contributed by atoms with Crippen molar-refractivity contribution in [3.8, 4) is 5.69 Å². The SMILES string of the molecule is NCc1cn(-c2ccccc2F)c2cc(F)ccc2c1=O. The lowest BCUT2D eigenvalue weighted by Crippen LogP contribution is -2.17. The Morgan fingerprint density at radius 2 is 1.86 bits per heavy atom. The quantitative estimate of drug-likeness (QED) is 0.787. The van der Waals surface area contributed by atoms with Gasteiger partial charge in [0.05, 0.1) is 11.2 Å². The Morgan fingerprint density at radius 3 is 2.57 bits per heavy atom. The monoisotopic (exact) mass is 286 g/mol. The summed E-state index contributed by atoms with van der Waals surface area (Å²) in [4.78, 5) is 12.2. The van der Waals surface area contributed by atoms with E-state index < -0.39 is 11.6 Å². The van der Waals surface area contributed by atoms with Crippen molar-refractivity contribution in [2.24, 2.45) is 5.73 Å². The summed E-state index contributed by atoms with van der Waals surface area (Å²) in [5.41, 5.74) is 6.20. The fourth-order valence-electron chi connectivity index (χ4n) is 2.34. The summed E-state index contributed by atoms with van der Waals surface area (Å²) in [6.45, 7) is 0.0284. The molecule has 3 aromatic rings. The Bertz CT molecular complexity index is 887. The number of pyridine rings is 1. The molecule has 106 valence electrons. The van der Waals surface area contributed by atoms with E-state index in [0.717, 1.165) is 0 Å². The Balaban J connectivity index is 2.47. The molecule has 2 N–H and O–H groups in total. The van der Waals surface area contributed by atoms with E-state index in [2.05, 4.69) is 0 Å². The van der Waals surface area contributed by atoms with Gasteiger partial charge in [-0.1, -0.05) is 12.1 Å². The number of hydrogen-bond acceptors (Lipinski definition) is 2. The molecule has 0 radical (unpaired) electrons. The molecule has 0 saturated carbocycles. The topological polar surface area (TPSA) is 48.0 Å². The molecule has 0 atom stereocenters. The average molecular weight is 286 g/mol. The Morgan fingerprint density at radius 1 is 1.10 bits per heavy atom. The molecule has 1 heterocycles. The fraction of sp³-hybridized carbons (Fsp3) is 0.0625. The van der Waals surface area contributed by atoms with E-state index in [0.29, 0.717) is 16.5 Å². The second-order valence-corrected chi connectivity index (χ2v) is 4.67. The van der Waals surface area contributed by atoms with Crippen LogP contribution >= 0.6 is 0 Å². The van der Waals surface area contributed by atoms with Gasteiger partial charge >= 0.3 is 0 Å². The molecule has 0 spiro atoms. The molecule has 0 aliphatic heterocycles. The fourth-order valence-corrected chi connectivity index (χ4v) is 2.34. The molecular formula is C16H12F2N2O. The molecule has 0 amide bonds. The zero-order valence-electron chi connectivity index (χ0n) is 11.0. The van der Waals surface area contributed by atoms with Gasteiger partial charge < -0.3 is 10.3 Å². The largest absolute Gasteiger partial charge is 0.326 e. The Hall–Kier alpha value is -2.53. The first-order valence-corrected chi connectivity index (χ1v) is 6.40. The molecule has 2 aromatic carbocycles. The molecule has 3 rings (SSSR count). The normalized spacial score (nSPS) is 11.0. The van der Waals surface area contributed by atoms with E-state index in [9.17, 15) is 13.6 Å². The summed E-state index contributed by atoms with van der Waals surface area (Å²) in [5.74, 6) is -0.956. The number of nitrogens with zero attached hydrogens (tertiary/aromatic N) is 1. The summed E-state index contributed by atoms with van der Waals surface area (Å²) < 4.78 is 29.0. The van der Waals surface area contributed by atoms with E-state index in [-0.39, 0.29) is 17.7 Å².